The summed E-state index contributed by atoms with van der Waals surface area (Å²) in [6, 6.07) is 10.3. The Hall–Kier alpha value is -1.85. The molecule has 0 fully saturated rings. The number of hydrogen-bond acceptors (Lipinski definition) is 4. The molecule has 2 aromatic heterocycles. The van der Waals surface area contributed by atoms with E-state index in [1.807, 2.05) is 26.0 Å². The molecule has 0 unspecified atom stereocenters. The molecule has 0 aliphatic carbocycles. The van der Waals surface area contributed by atoms with E-state index in [4.69, 9.17) is 5.73 Å². The van der Waals surface area contributed by atoms with E-state index in [9.17, 15) is 9.90 Å². The van der Waals surface area contributed by atoms with Crippen molar-refractivity contribution in [2.45, 2.75) is 19.8 Å². The first-order valence-corrected chi connectivity index (χ1v) is 8.26. The number of anilines is 1. The van der Waals surface area contributed by atoms with Gasteiger partial charge in [-0.15, -0.1) is 22.7 Å². The van der Waals surface area contributed by atoms with Crippen LogP contribution in [0, 0.1) is 0 Å². The van der Waals surface area contributed by atoms with Gasteiger partial charge < -0.3 is 10.8 Å². The highest BCUT2D eigenvalue weighted by Crippen LogP contribution is 2.46. The molecule has 0 saturated heterocycles. The van der Waals surface area contributed by atoms with Crippen LogP contribution < -0.4 is 5.73 Å². The number of aromatic carboxylic acids is 1. The van der Waals surface area contributed by atoms with Crippen molar-refractivity contribution in [3.8, 4) is 9.75 Å². The third-order valence-corrected chi connectivity index (χ3v) is 5.91. The van der Waals surface area contributed by atoms with E-state index in [0.29, 0.717) is 5.69 Å². The number of benzene rings is 1. The lowest BCUT2D eigenvalue weighted by molar-refractivity contribution is 0.0703. The number of carbonyl (C=O) groups is 1. The van der Waals surface area contributed by atoms with Crippen LogP contribution in [0.25, 0.3) is 19.8 Å². The molecule has 0 aliphatic rings. The number of nitrogens with two attached hydrogens (primary N) is 1. The molecule has 2 heterocycles. The first kappa shape index (κ1) is 14.1. The number of thiophene rings is 2. The number of carboxylic acid groups (broad SMARTS) is 1. The molecule has 0 radical (unpaired) electrons. The lowest BCUT2D eigenvalue weighted by Crippen LogP contribution is -2.00. The van der Waals surface area contributed by atoms with Gasteiger partial charge in [0.05, 0.1) is 10.6 Å². The van der Waals surface area contributed by atoms with E-state index in [0.717, 1.165) is 15.3 Å². The number of rotatable bonds is 3. The molecule has 0 spiro atoms. The minimum atomic E-state index is -0.952. The van der Waals surface area contributed by atoms with E-state index in [1.54, 1.807) is 11.3 Å². The summed E-state index contributed by atoms with van der Waals surface area (Å²) in [5.41, 5.74) is 7.43. The van der Waals surface area contributed by atoms with E-state index in [1.165, 1.54) is 21.4 Å². The smallest absolute Gasteiger partial charge is 0.348 e. The van der Waals surface area contributed by atoms with E-state index >= 15 is 0 Å². The summed E-state index contributed by atoms with van der Waals surface area (Å²) >= 11 is 2.95. The van der Waals surface area contributed by atoms with Crippen LogP contribution in [0.5, 0.6) is 0 Å². The second-order valence-corrected chi connectivity index (χ2v) is 7.30. The van der Waals surface area contributed by atoms with Crippen LogP contribution in [0.1, 0.15) is 35.0 Å². The topological polar surface area (TPSA) is 63.3 Å². The summed E-state index contributed by atoms with van der Waals surface area (Å²) in [4.78, 5) is 13.7. The maximum atomic E-state index is 11.3. The SMILES string of the molecule is CC(C)c1c(-c2cc3ccccc3s2)sc(C(=O)O)c1N. The van der Waals surface area contributed by atoms with Gasteiger partial charge in [0.15, 0.2) is 0 Å². The van der Waals surface area contributed by atoms with Crippen molar-refractivity contribution in [3.63, 3.8) is 0 Å². The third kappa shape index (κ3) is 2.32. The summed E-state index contributed by atoms with van der Waals surface area (Å²) in [5.74, 6) is -0.763. The second-order valence-electron chi connectivity index (χ2n) is 5.20. The van der Waals surface area contributed by atoms with Crippen LogP contribution in [0.2, 0.25) is 0 Å². The normalized spacial score (nSPS) is 11.4. The van der Waals surface area contributed by atoms with Gasteiger partial charge in [-0.1, -0.05) is 32.0 Å². The van der Waals surface area contributed by atoms with E-state index in [2.05, 4.69) is 18.2 Å². The molecule has 108 valence electrons. The fraction of sp³-hybridized carbons (Fsp3) is 0.188. The summed E-state index contributed by atoms with van der Waals surface area (Å²) in [6.07, 6.45) is 0. The molecule has 3 nitrogen and oxygen atoms in total. The Kier molecular flexibility index (Phi) is 3.47. The first-order valence-electron chi connectivity index (χ1n) is 6.63. The van der Waals surface area contributed by atoms with Crippen LogP contribution in [-0.4, -0.2) is 11.1 Å². The van der Waals surface area contributed by atoms with Gasteiger partial charge >= 0.3 is 5.97 Å². The number of carboxylic acids is 1. The third-order valence-electron chi connectivity index (χ3n) is 3.40. The van der Waals surface area contributed by atoms with Crippen molar-refractivity contribution in [3.05, 3.63) is 40.8 Å². The lowest BCUT2D eigenvalue weighted by Gasteiger charge is -2.07. The highest BCUT2D eigenvalue weighted by atomic mass is 32.1. The highest BCUT2D eigenvalue weighted by molar-refractivity contribution is 7.26. The maximum Gasteiger partial charge on any atom is 0.348 e. The number of hydrogen-bond donors (Lipinski definition) is 2. The zero-order valence-electron chi connectivity index (χ0n) is 11.7. The Balaban J connectivity index is 2.25. The van der Waals surface area contributed by atoms with Crippen molar-refractivity contribution in [1.82, 2.24) is 0 Å². The molecule has 1 aromatic carbocycles. The van der Waals surface area contributed by atoms with Crippen molar-refractivity contribution in [2.75, 3.05) is 5.73 Å². The number of nitrogen functional groups attached to an aromatic ring is 1. The molecule has 0 bridgehead atoms. The molecule has 3 N–H and O–H groups in total. The van der Waals surface area contributed by atoms with Gasteiger partial charge in [-0.25, -0.2) is 4.79 Å². The molecule has 0 saturated carbocycles. The predicted octanol–water partition coefficient (Wildman–Crippen LogP) is 5.03. The summed E-state index contributed by atoms with van der Waals surface area (Å²) in [6.45, 7) is 4.09. The standard InChI is InChI=1S/C16H15NO2S2/c1-8(2)12-13(17)15(16(18)19)21-14(12)11-7-9-5-3-4-6-10(9)20-11/h3-8H,17H2,1-2H3,(H,18,19). The monoisotopic (exact) mass is 317 g/mol. The quantitative estimate of drug-likeness (QED) is 0.712. The highest BCUT2D eigenvalue weighted by Gasteiger charge is 2.24. The zero-order chi connectivity index (χ0) is 15.1. The molecular formula is C16H15NO2S2. The molecule has 0 atom stereocenters. The zero-order valence-corrected chi connectivity index (χ0v) is 13.3. The Morgan fingerprint density at radius 3 is 2.57 bits per heavy atom. The van der Waals surface area contributed by atoms with Crippen LogP contribution >= 0.6 is 22.7 Å². The molecule has 21 heavy (non-hydrogen) atoms. The minimum absolute atomic E-state index is 0.189. The van der Waals surface area contributed by atoms with Crippen LogP contribution in [0.15, 0.2) is 30.3 Å². The van der Waals surface area contributed by atoms with Crippen LogP contribution in [-0.2, 0) is 0 Å². The average Bonchev–Trinajstić information content (AvgIpc) is 2.98. The van der Waals surface area contributed by atoms with Gasteiger partial charge in [0, 0.05) is 9.58 Å². The van der Waals surface area contributed by atoms with Crippen LogP contribution in [0.4, 0.5) is 5.69 Å². The van der Waals surface area contributed by atoms with Gasteiger partial charge in [-0.05, 0) is 29.0 Å². The van der Waals surface area contributed by atoms with Crippen molar-refractivity contribution in [2.24, 2.45) is 0 Å². The molecule has 3 aromatic rings. The van der Waals surface area contributed by atoms with Crippen molar-refractivity contribution >= 4 is 44.4 Å². The average molecular weight is 317 g/mol. The minimum Gasteiger partial charge on any atom is -0.477 e. The fourth-order valence-corrected chi connectivity index (χ4v) is 4.86. The first-order chi connectivity index (χ1) is 9.99. The second kappa shape index (κ2) is 5.16. The Morgan fingerprint density at radius 1 is 1.24 bits per heavy atom. The van der Waals surface area contributed by atoms with Gasteiger partial charge in [0.25, 0.3) is 0 Å². The van der Waals surface area contributed by atoms with Gasteiger partial charge in [0.1, 0.15) is 4.88 Å². The Labute approximate surface area is 130 Å². The Bertz CT molecular complexity index is 797. The summed E-state index contributed by atoms with van der Waals surface area (Å²) < 4.78 is 1.20. The van der Waals surface area contributed by atoms with Crippen molar-refractivity contribution < 1.29 is 9.90 Å². The summed E-state index contributed by atoms with van der Waals surface area (Å²) in [5, 5.41) is 10.5. The van der Waals surface area contributed by atoms with Gasteiger partial charge in [-0.2, -0.15) is 0 Å². The lowest BCUT2D eigenvalue weighted by atomic mass is 10.0. The largest absolute Gasteiger partial charge is 0.477 e. The van der Waals surface area contributed by atoms with Crippen LogP contribution in [0.3, 0.4) is 0 Å². The predicted molar refractivity (Wildman–Crippen MR) is 90.6 cm³/mol. The summed E-state index contributed by atoms with van der Waals surface area (Å²) in [7, 11) is 0. The van der Waals surface area contributed by atoms with E-state index in [-0.39, 0.29) is 10.8 Å². The molecule has 3 rings (SSSR count). The fourth-order valence-electron chi connectivity index (χ4n) is 2.47. The molecular weight excluding hydrogens is 302 g/mol. The maximum absolute atomic E-state index is 11.3. The number of fused-ring (bicyclic) bond motifs is 1. The molecule has 0 aliphatic heterocycles. The van der Waals surface area contributed by atoms with E-state index < -0.39 is 5.97 Å². The van der Waals surface area contributed by atoms with Crippen molar-refractivity contribution in [1.29, 1.82) is 0 Å². The Morgan fingerprint density at radius 2 is 1.95 bits per heavy atom. The molecule has 5 heteroatoms. The van der Waals surface area contributed by atoms with Gasteiger partial charge in [-0.3, -0.25) is 0 Å². The molecule has 0 amide bonds. The van der Waals surface area contributed by atoms with Gasteiger partial charge in [0.2, 0.25) is 0 Å².